The van der Waals surface area contributed by atoms with Crippen molar-refractivity contribution >= 4 is 21.5 Å². The van der Waals surface area contributed by atoms with E-state index in [1.165, 1.54) is 21.5 Å². The molecule has 8 rings (SSSR count). The van der Waals surface area contributed by atoms with Crippen molar-refractivity contribution in [1.29, 1.82) is 0 Å². The first-order chi connectivity index (χ1) is 21.8. The van der Waals surface area contributed by atoms with Gasteiger partial charge in [0.2, 0.25) is 0 Å². The molecule has 8 aromatic rings. The SMILES string of the molecule is c1cncc(-c2cc(-c3ccncc3)cc(-c3nc(-c4ccc5ccccc5c4)cc(-c4ccc5ccccc5c4)n3)c2)c1. The van der Waals surface area contributed by atoms with Gasteiger partial charge in [-0.05, 0) is 92.8 Å². The Hall–Kier alpha value is -6.00. The minimum Gasteiger partial charge on any atom is -0.265 e. The summed E-state index contributed by atoms with van der Waals surface area (Å²) in [7, 11) is 0. The monoisotopic (exact) mass is 562 g/mol. The van der Waals surface area contributed by atoms with Crippen molar-refractivity contribution in [1.82, 2.24) is 19.9 Å². The van der Waals surface area contributed by atoms with Crippen LogP contribution in [0.4, 0.5) is 0 Å². The first-order valence-corrected chi connectivity index (χ1v) is 14.6. The maximum Gasteiger partial charge on any atom is 0.160 e. The van der Waals surface area contributed by atoms with Gasteiger partial charge in [-0.25, -0.2) is 9.97 Å². The molecule has 206 valence electrons. The lowest BCUT2D eigenvalue weighted by Crippen LogP contribution is -1.97. The van der Waals surface area contributed by atoms with E-state index in [-0.39, 0.29) is 0 Å². The highest BCUT2D eigenvalue weighted by atomic mass is 14.9. The minimum atomic E-state index is 0.667. The summed E-state index contributed by atoms with van der Waals surface area (Å²) in [6, 6.07) is 46.6. The van der Waals surface area contributed by atoms with E-state index in [2.05, 4.69) is 125 Å². The predicted octanol–water partition coefficient (Wildman–Crippen LogP) is 9.91. The average molecular weight is 563 g/mol. The van der Waals surface area contributed by atoms with Gasteiger partial charge in [-0.3, -0.25) is 9.97 Å². The summed E-state index contributed by atoms with van der Waals surface area (Å²) in [5.74, 6) is 0.667. The number of nitrogens with zero attached hydrogens (tertiary/aromatic N) is 4. The third-order valence-corrected chi connectivity index (χ3v) is 8.02. The zero-order chi connectivity index (χ0) is 29.3. The topological polar surface area (TPSA) is 51.6 Å². The third-order valence-electron chi connectivity index (χ3n) is 8.02. The Labute approximate surface area is 255 Å². The average Bonchev–Trinajstić information content (AvgIpc) is 3.11. The second-order valence-electron chi connectivity index (χ2n) is 10.9. The highest BCUT2D eigenvalue weighted by molar-refractivity contribution is 5.90. The molecule has 0 spiro atoms. The Bertz CT molecular complexity index is 2120. The fourth-order valence-corrected chi connectivity index (χ4v) is 5.74. The fraction of sp³-hybridized carbons (Fsp3) is 0. The summed E-state index contributed by atoms with van der Waals surface area (Å²) in [5.41, 5.74) is 9.01. The molecule has 44 heavy (non-hydrogen) atoms. The van der Waals surface area contributed by atoms with Crippen molar-refractivity contribution in [3.05, 3.63) is 158 Å². The summed E-state index contributed by atoms with van der Waals surface area (Å²) < 4.78 is 0. The molecule has 0 aliphatic heterocycles. The van der Waals surface area contributed by atoms with E-state index in [4.69, 9.17) is 9.97 Å². The van der Waals surface area contributed by atoms with Crippen molar-refractivity contribution in [2.24, 2.45) is 0 Å². The predicted molar refractivity (Wildman–Crippen MR) is 180 cm³/mol. The van der Waals surface area contributed by atoms with Gasteiger partial charge in [0.05, 0.1) is 11.4 Å². The Balaban J connectivity index is 1.36. The van der Waals surface area contributed by atoms with Crippen LogP contribution in [0.2, 0.25) is 0 Å². The van der Waals surface area contributed by atoms with E-state index >= 15 is 0 Å². The molecule has 0 bridgehead atoms. The molecule has 0 amide bonds. The van der Waals surface area contributed by atoms with E-state index in [1.54, 1.807) is 6.20 Å². The summed E-state index contributed by atoms with van der Waals surface area (Å²) >= 11 is 0. The van der Waals surface area contributed by atoms with Crippen LogP contribution in [0.3, 0.4) is 0 Å². The number of pyridine rings is 2. The third kappa shape index (κ3) is 4.99. The van der Waals surface area contributed by atoms with Crippen LogP contribution in [0.5, 0.6) is 0 Å². The summed E-state index contributed by atoms with van der Waals surface area (Å²) in [6.45, 7) is 0. The molecule has 5 aromatic carbocycles. The standard InChI is InChI=1S/C40H26N4/c1-3-8-30-20-32(13-11-27(30)6-1)38-25-39(33-14-12-28-7-2-4-9-31(28)21-33)44-40(43-38)37-23-35(29-15-18-41-19-16-29)22-36(24-37)34-10-5-17-42-26-34/h1-26H. The molecule has 0 unspecified atom stereocenters. The van der Waals surface area contributed by atoms with Crippen LogP contribution < -0.4 is 0 Å². The van der Waals surface area contributed by atoms with Crippen LogP contribution in [0.15, 0.2) is 158 Å². The van der Waals surface area contributed by atoms with Gasteiger partial charge in [0.25, 0.3) is 0 Å². The Kier molecular flexibility index (Phi) is 6.43. The van der Waals surface area contributed by atoms with Gasteiger partial charge in [0.1, 0.15) is 0 Å². The lowest BCUT2D eigenvalue weighted by Gasteiger charge is -2.13. The van der Waals surface area contributed by atoms with E-state index in [0.717, 1.165) is 50.3 Å². The number of hydrogen-bond donors (Lipinski definition) is 0. The molecular weight excluding hydrogens is 536 g/mol. The number of aromatic nitrogens is 4. The van der Waals surface area contributed by atoms with Crippen molar-refractivity contribution in [3.8, 4) is 56.2 Å². The van der Waals surface area contributed by atoms with Gasteiger partial charge in [0.15, 0.2) is 5.82 Å². The maximum atomic E-state index is 5.20. The van der Waals surface area contributed by atoms with Crippen LogP contribution >= 0.6 is 0 Å². The second-order valence-corrected chi connectivity index (χ2v) is 10.9. The number of fused-ring (bicyclic) bond motifs is 2. The Morgan fingerprint density at radius 2 is 0.886 bits per heavy atom. The number of rotatable bonds is 5. The van der Waals surface area contributed by atoms with Gasteiger partial charge in [-0.1, -0.05) is 78.9 Å². The summed E-state index contributed by atoms with van der Waals surface area (Å²) in [4.78, 5) is 19.0. The van der Waals surface area contributed by atoms with E-state index in [9.17, 15) is 0 Å². The van der Waals surface area contributed by atoms with Crippen LogP contribution in [-0.4, -0.2) is 19.9 Å². The normalized spacial score (nSPS) is 11.2. The lowest BCUT2D eigenvalue weighted by molar-refractivity contribution is 1.18. The van der Waals surface area contributed by atoms with Crippen molar-refractivity contribution in [3.63, 3.8) is 0 Å². The number of benzene rings is 5. The van der Waals surface area contributed by atoms with Crippen LogP contribution in [0.1, 0.15) is 0 Å². The molecule has 4 nitrogen and oxygen atoms in total. The molecule has 0 fully saturated rings. The van der Waals surface area contributed by atoms with E-state index in [1.807, 2.05) is 36.8 Å². The molecule has 4 heteroatoms. The molecule has 0 aliphatic carbocycles. The summed E-state index contributed by atoms with van der Waals surface area (Å²) in [6.07, 6.45) is 7.33. The van der Waals surface area contributed by atoms with Crippen LogP contribution in [0, 0.1) is 0 Å². The number of hydrogen-bond acceptors (Lipinski definition) is 4. The summed E-state index contributed by atoms with van der Waals surface area (Å²) in [5, 5.41) is 4.75. The highest BCUT2D eigenvalue weighted by Crippen LogP contribution is 2.35. The lowest BCUT2D eigenvalue weighted by atomic mass is 9.96. The molecular formula is C40H26N4. The first kappa shape index (κ1) is 25.7. The van der Waals surface area contributed by atoms with Crippen molar-refractivity contribution < 1.29 is 0 Å². The van der Waals surface area contributed by atoms with Crippen molar-refractivity contribution in [2.75, 3.05) is 0 Å². The molecule has 0 radical (unpaired) electrons. The molecule has 3 heterocycles. The van der Waals surface area contributed by atoms with Gasteiger partial charge in [-0.15, -0.1) is 0 Å². The molecule has 0 saturated carbocycles. The zero-order valence-electron chi connectivity index (χ0n) is 23.8. The van der Waals surface area contributed by atoms with Gasteiger partial charge < -0.3 is 0 Å². The largest absolute Gasteiger partial charge is 0.265 e. The molecule has 3 aromatic heterocycles. The fourth-order valence-electron chi connectivity index (χ4n) is 5.74. The van der Waals surface area contributed by atoms with Crippen LogP contribution in [-0.2, 0) is 0 Å². The van der Waals surface area contributed by atoms with Crippen LogP contribution in [0.25, 0.3) is 77.7 Å². The minimum absolute atomic E-state index is 0.667. The maximum absolute atomic E-state index is 5.20. The molecule has 0 N–H and O–H groups in total. The Morgan fingerprint density at radius 3 is 1.48 bits per heavy atom. The van der Waals surface area contributed by atoms with Gasteiger partial charge >= 0.3 is 0 Å². The van der Waals surface area contributed by atoms with Gasteiger partial charge in [0, 0.05) is 47.0 Å². The van der Waals surface area contributed by atoms with E-state index in [0.29, 0.717) is 5.82 Å². The first-order valence-electron chi connectivity index (χ1n) is 14.6. The second kappa shape index (κ2) is 11.0. The van der Waals surface area contributed by atoms with Crippen molar-refractivity contribution in [2.45, 2.75) is 0 Å². The highest BCUT2D eigenvalue weighted by Gasteiger charge is 2.14. The quantitative estimate of drug-likeness (QED) is 0.209. The molecule has 0 aliphatic rings. The molecule has 0 saturated heterocycles. The smallest absolute Gasteiger partial charge is 0.160 e. The zero-order valence-corrected chi connectivity index (χ0v) is 23.8. The molecule has 0 atom stereocenters. The van der Waals surface area contributed by atoms with E-state index < -0.39 is 0 Å². The van der Waals surface area contributed by atoms with Gasteiger partial charge in [-0.2, -0.15) is 0 Å². The Morgan fingerprint density at radius 1 is 0.318 bits per heavy atom.